The molecule has 2 fully saturated rings. The third-order valence-electron chi connectivity index (χ3n) is 6.57. The molecule has 2 aliphatic rings. The van der Waals surface area contributed by atoms with E-state index in [0.717, 1.165) is 17.1 Å². The number of phosphoric ester groups is 2. The van der Waals surface area contributed by atoms with Gasteiger partial charge in [-0.3, -0.25) is 18.1 Å². The van der Waals surface area contributed by atoms with Gasteiger partial charge in [-0.15, -0.1) is 0 Å². The van der Waals surface area contributed by atoms with Gasteiger partial charge in [0.15, 0.2) is 29.4 Å². The van der Waals surface area contributed by atoms with E-state index in [1.807, 2.05) is 0 Å². The maximum absolute atomic E-state index is 13.0. The summed E-state index contributed by atoms with van der Waals surface area (Å²) in [5.74, 6) is -0.793. The van der Waals surface area contributed by atoms with Gasteiger partial charge in [0.1, 0.15) is 48.8 Å². The normalized spacial score (nSPS) is 29.5. The molecule has 9 atom stereocenters. The molecule has 10 N–H and O–H groups in total. The van der Waals surface area contributed by atoms with Crippen molar-refractivity contribution in [3.05, 3.63) is 33.5 Å². The molecule has 28 heteroatoms. The summed E-state index contributed by atoms with van der Waals surface area (Å²) in [5.41, 5.74) is 18.9. The summed E-state index contributed by atoms with van der Waals surface area (Å²) in [6.45, 7) is -1.90. The largest absolute Gasteiger partial charge is 0.472 e. The zero-order valence-electron chi connectivity index (χ0n) is 22.7. The average molecular weight is 694 g/mol. The molecule has 26 nitrogen and oxygen atoms in total. The SMILES string of the molecule is [N-]=[N+]=Nc1nc2c(N)ncnc2n1[C@@H]1O[C@H](COP(=O)(O)O[C@@H]2[C@H](O)[C@@H](COP(=O)(O)O)O[C@H]2n2ncc(N)nc2=O)[C@@H](O)[C@H]1O. The van der Waals surface area contributed by atoms with Crippen LogP contribution in [0.5, 0.6) is 0 Å². The van der Waals surface area contributed by atoms with E-state index < -0.39 is 83.6 Å². The van der Waals surface area contributed by atoms with Crippen molar-refractivity contribution in [2.24, 2.45) is 5.11 Å². The number of imidazole rings is 1. The summed E-state index contributed by atoms with van der Waals surface area (Å²) in [5, 5.41) is 39.2. The molecule has 3 aromatic heterocycles. The Bertz CT molecular complexity index is 1810. The van der Waals surface area contributed by atoms with E-state index in [4.69, 9.17) is 45.3 Å². The highest BCUT2D eigenvalue weighted by Gasteiger charge is 2.51. The molecular formula is C18H24N12O14P2. The van der Waals surface area contributed by atoms with Crippen LogP contribution in [0.1, 0.15) is 12.5 Å². The first-order valence-electron chi connectivity index (χ1n) is 12.6. The van der Waals surface area contributed by atoms with E-state index in [1.54, 1.807) is 0 Å². The van der Waals surface area contributed by atoms with E-state index in [2.05, 4.69) is 39.6 Å². The minimum atomic E-state index is -5.30. The smallest absolute Gasteiger partial charge is 0.387 e. The van der Waals surface area contributed by atoms with Crippen LogP contribution >= 0.6 is 15.6 Å². The number of hydrogen-bond donors (Lipinski definition) is 8. The summed E-state index contributed by atoms with van der Waals surface area (Å²) in [7, 11) is -10.4. The standard InChI is InChI=1S/C18H24N12O14P2/c19-7-1-24-30(18(34)25-7)16-12(10(32)6(43-16)2-40-45(35,36)37)44-46(38,39)41-3-5-9(31)11(33)15(42-5)29-14-8(13(20)22-4-23-14)26-17(29)27-28-21/h1,4-6,9-12,15-16,31-33H,2-3H2,(H,38,39)(H2,19,25,34)(H2,20,22,23)(H2,35,36,37)/t5-,6-,9-,10-,11-,12-,15-,16-/m1/s1. The number of aliphatic hydroxyl groups is 3. The second kappa shape index (κ2) is 12.8. The van der Waals surface area contributed by atoms with Crippen LogP contribution in [-0.2, 0) is 32.2 Å². The van der Waals surface area contributed by atoms with E-state index in [1.165, 1.54) is 0 Å². The average Bonchev–Trinajstić information content (AvgIpc) is 3.58. The summed E-state index contributed by atoms with van der Waals surface area (Å²) >= 11 is 0. The zero-order chi connectivity index (χ0) is 33.6. The molecule has 46 heavy (non-hydrogen) atoms. The molecule has 250 valence electrons. The van der Waals surface area contributed by atoms with Crippen LogP contribution in [0, 0.1) is 0 Å². The maximum atomic E-state index is 13.0. The van der Waals surface area contributed by atoms with Crippen LogP contribution in [0.15, 0.2) is 22.4 Å². The van der Waals surface area contributed by atoms with Gasteiger partial charge in [-0.05, 0) is 10.6 Å². The number of azide groups is 1. The first-order chi connectivity index (χ1) is 21.6. The Balaban J connectivity index is 1.34. The minimum Gasteiger partial charge on any atom is -0.387 e. The number of rotatable bonds is 11. The predicted octanol–water partition coefficient (Wildman–Crippen LogP) is -2.93. The first-order valence-corrected chi connectivity index (χ1v) is 15.6. The Morgan fingerprint density at radius 1 is 1.00 bits per heavy atom. The van der Waals surface area contributed by atoms with Gasteiger partial charge in [-0.1, -0.05) is 0 Å². The van der Waals surface area contributed by atoms with Gasteiger partial charge in [-0.2, -0.15) is 14.8 Å². The Morgan fingerprint density at radius 2 is 1.67 bits per heavy atom. The van der Waals surface area contributed by atoms with Gasteiger partial charge in [-0.25, -0.2) is 28.9 Å². The third kappa shape index (κ3) is 6.85. The Hall–Kier alpha value is -3.71. The zero-order valence-corrected chi connectivity index (χ0v) is 24.4. The Labute approximate surface area is 253 Å². The van der Waals surface area contributed by atoms with Crippen molar-refractivity contribution in [2.75, 3.05) is 24.7 Å². The maximum Gasteiger partial charge on any atom is 0.472 e. The summed E-state index contributed by atoms with van der Waals surface area (Å²) < 4.78 is 51.0. The van der Waals surface area contributed by atoms with Gasteiger partial charge >= 0.3 is 21.3 Å². The fourth-order valence-corrected chi connectivity index (χ4v) is 5.84. The van der Waals surface area contributed by atoms with E-state index in [0.29, 0.717) is 4.68 Å². The first kappa shape index (κ1) is 33.6. The van der Waals surface area contributed by atoms with Crippen molar-refractivity contribution in [3.63, 3.8) is 0 Å². The van der Waals surface area contributed by atoms with Crippen molar-refractivity contribution in [3.8, 4) is 0 Å². The van der Waals surface area contributed by atoms with E-state index in [9.17, 15) is 34.1 Å². The molecule has 0 bridgehead atoms. The molecule has 0 radical (unpaired) electrons. The van der Waals surface area contributed by atoms with Crippen LogP contribution in [0.3, 0.4) is 0 Å². The number of nitrogen functional groups attached to an aromatic ring is 2. The molecule has 3 aromatic rings. The second-order valence-electron chi connectivity index (χ2n) is 9.53. The Morgan fingerprint density at radius 3 is 2.35 bits per heavy atom. The van der Waals surface area contributed by atoms with Crippen LogP contribution in [0.2, 0.25) is 0 Å². The number of ether oxygens (including phenoxy) is 2. The molecule has 0 saturated carbocycles. The molecule has 2 aliphatic heterocycles. The van der Waals surface area contributed by atoms with E-state index in [-0.39, 0.29) is 28.7 Å². The highest BCUT2D eigenvalue weighted by molar-refractivity contribution is 7.47. The second-order valence-corrected chi connectivity index (χ2v) is 12.2. The fourth-order valence-electron chi connectivity index (χ4n) is 4.56. The van der Waals surface area contributed by atoms with Gasteiger partial charge in [0.05, 0.1) is 19.4 Å². The molecule has 0 spiro atoms. The number of aromatic nitrogens is 7. The van der Waals surface area contributed by atoms with Crippen molar-refractivity contribution in [1.82, 2.24) is 34.3 Å². The highest BCUT2D eigenvalue weighted by atomic mass is 31.2. The molecule has 0 amide bonds. The molecule has 5 heterocycles. The van der Waals surface area contributed by atoms with Crippen LogP contribution in [0.4, 0.5) is 17.6 Å². The van der Waals surface area contributed by atoms with Gasteiger partial charge in [0, 0.05) is 4.91 Å². The molecular weight excluding hydrogens is 670 g/mol. The van der Waals surface area contributed by atoms with Gasteiger partial charge in [0.25, 0.3) is 0 Å². The lowest BCUT2D eigenvalue weighted by molar-refractivity contribution is -0.0671. The molecule has 0 aliphatic carbocycles. The monoisotopic (exact) mass is 694 g/mol. The van der Waals surface area contributed by atoms with Gasteiger partial charge < -0.3 is 50.9 Å². The predicted molar refractivity (Wildman–Crippen MR) is 144 cm³/mol. The fraction of sp³-hybridized carbons (Fsp3) is 0.556. The molecule has 5 rings (SSSR count). The van der Waals surface area contributed by atoms with Crippen molar-refractivity contribution in [1.29, 1.82) is 0 Å². The van der Waals surface area contributed by atoms with Crippen LogP contribution in [-0.4, -0.2) is 114 Å². The lowest BCUT2D eigenvalue weighted by Crippen LogP contribution is -2.39. The van der Waals surface area contributed by atoms with Crippen molar-refractivity contribution >= 4 is 44.4 Å². The molecule has 1 unspecified atom stereocenters. The third-order valence-corrected chi connectivity index (χ3v) is 8.04. The molecule has 2 saturated heterocycles. The summed E-state index contributed by atoms with van der Waals surface area (Å²) in [6.07, 6.45) is -12.1. The van der Waals surface area contributed by atoms with Gasteiger partial charge in [0.2, 0.25) is 5.95 Å². The number of fused-ring (bicyclic) bond motifs is 1. The Kier molecular flexibility index (Phi) is 9.38. The topological polar surface area (TPSA) is 394 Å². The van der Waals surface area contributed by atoms with Crippen molar-refractivity contribution < 1.29 is 62.2 Å². The molecule has 0 aromatic carbocycles. The summed E-state index contributed by atoms with van der Waals surface area (Å²) in [6, 6.07) is 0. The number of hydrogen-bond acceptors (Lipinski definition) is 19. The van der Waals surface area contributed by atoms with E-state index >= 15 is 0 Å². The lowest BCUT2D eigenvalue weighted by atomic mass is 10.1. The quantitative estimate of drug-likeness (QED) is 0.0431. The number of aliphatic hydroxyl groups excluding tert-OH is 3. The van der Waals surface area contributed by atoms with Crippen LogP contribution < -0.4 is 17.2 Å². The highest BCUT2D eigenvalue weighted by Crippen LogP contribution is 2.50. The number of nitrogens with two attached hydrogens (primary N) is 2. The van der Waals surface area contributed by atoms with Crippen molar-refractivity contribution in [2.45, 2.75) is 49.1 Å². The lowest BCUT2D eigenvalue weighted by Gasteiger charge is -2.24. The number of phosphoric acid groups is 2. The summed E-state index contributed by atoms with van der Waals surface area (Å²) in [4.78, 5) is 58.8. The van der Waals surface area contributed by atoms with Crippen LogP contribution in [0.25, 0.3) is 21.6 Å². The number of anilines is 2. The number of nitrogens with zero attached hydrogens (tertiary/aromatic N) is 10. The minimum absolute atomic E-state index is 0.0237.